The molecule has 0 aliphatic heterocycles. The topological polar surface area (TPSA) is 38.9 Å². The molecule has 0 radical (unpaired) electrons. The molecule has 2 aromatic heterocycles. The van der Waals surface area contributed by atoms with Gasteiger partial charge in [-0.1, -0.05) is 84.9 Å². The van der Waals surface area contributed by atoms with E-state index in [1.165, 1.54) is 0 Å². The molecular formula is C28H17ClN2O. The Morgan fingerprint density at radius 1 is 0.562 bits per heavy atom. The maximum atomic E-state index is 6.29. The monoisotopic (exact) mass is 432 g/mol. The third kappa shape index (κ3) is 3.24. The number of hydrogen-bond donors (Lipinski definition) is 0. The summed E-state index contributed by atoms with van der Waals surface area (Å²) in [6.45, 7) is 0. The number of benzene rings is 4. The van der Waals surface area contributed by atoms with Gasteiger partial charge in [0.25, 0.3) is 0 Å². The molecule has 0 amide bonds. The Labute approximate surface area is 190 Å². The van der Waals surface area contributed by atoms with Crippen molar-refractivity contribution in [3.05, 3.63) is 108 Å². The van der Waals surface area contributed by atoms with Gasteiger partial charge in [-0.25, -0.2) is 9.97 Å². The highest BCUT2D eigenvalue weighted by Gasteiger charge is 2.13. The van der Waals surface area contributed by atoms with Crippen LogP contribution in [0.2, 0.25) is 5.28 Å². The second-order valence-corrected chi connectivity index (χ2v) is 7.97. The second kappa shape index (κ2) is 7.63. The first-order valence-corrected chi connectivity index (χ1v) is 10.8. The van der Waals surface area contributed by atoms with Gasteiger partial charge in [-0.15, -0.1) is 0 Å². The zero-order valence-electron chi connectivity index (χ0n) is 17.0. The van der Waals surface area contributed by atoms with E-state index < -0.39 is 0 Å². The Morgan fingerprint density at radius 3 is 2.09 bits per heavy atom. The van der Waals surface area contributed by atoms with Crippen molar-refractivity contribution in [1.82, 2.24) is 9.97 Å². The average molecular weight is 433 g/mol. The molecule has 152 valence electrons. The van der Waals surface area contributed by atoms with Crippen molar-refractivity contribution >= 4 is 33.5 Å². The second-order valence-electron chi connectivity index (χ2n) is 7.63. The lowest BCUT2D eigenvalue weighted by atomic mass is 9.99. The van der Waals surface area contributed by atoms with E-state index in [1.807, 2.05) is 66.7 Å². The van der Waals surface area contributed by atoms with Crippen LogP contribution < -0.4 is 0 Å². The lowest BCUT2D eigenvalue weighted by Gasteiger charge is -2.08. The van der Waals surface area contributed by atoms with Crippen LogP contribution in [0, 0.1) is 0 Å². The molecule has 4 heteroatoms. The molecule has 0 aliphatic carbocycles. The first-order valence-electron chi connectivity index (χ1n) is 10.4. The Morgan fingerprint density at radius 2 is 1.22 bits per heavy atom. The Hall–Kier alpha value is -3.95. The summed E-state index contributed by atoms with van der Waals surface area (Å²) >= 11 is 6.29. The fraction of sp³-hybridized carbons (Fsp3) is 0. The van der Waals surface area contributed by atoms with Crippen LogP contribution in [0.4, 0.5) is 0 Å². The maximum Gasteiger partial charge on any atom is 0.223 e. The minimum absolute atomic E-state index is 0.228. The van der Waals surface area contributed by atoms with Crippen LogP contribution in [0.1, 0.15) is 0 Å². The normalized spacial score (nSPS) is 11.3. The highest BCUT2D eigenvalue weighted by Crippen LogP contribution is 2.37. The summed E-state index contributed by atoms with van der Waals surface area (Å²) in [5.41, 5.74) is 7.43. The summed E-state index contributed by atoms with van der Waals surface area (Å²) in [6, 6.07) is 34.6. The van der Waals surface area contributed by atoms with Gasteiger partial charge in [0, 0.05) is 27.5 Å². The largest absolute Gasteiger partial charge is 0.455 e. The molecule has 0 saturated carbocycles. The van der Waals surface area contributed by atoms with E-state index in [0.29, 0.717) is 0 Å². The van der Waals surface area contributed by atoms with Gasteiger partial charge < -0.3 is 4.42 Å². The number of hydrogen-bond acceptors (Lipinski definition) is 3. The Bertz CT molecular complexity index is 1590. The molecule has 0 atom stereocenters. The predicted octanol–water partition coefficient (Wildman–Crippen LogP) is 8.03. The molecule has 4 aromatic carbocycles. The van der Waals surface area contributed by atoms with Crippen LogP contribution in [-0.4, -0.2) is 9.97 Å². The van der Waals surface area contributed by atoms with Crippen LogP contribution in [-0.2, 0) is 0 Å². The van der Waals surface area contributed by atoms with Crippen molar-refractivity contribution in [2.75, 3.05) is 0 Å². The van der Waals surface area contributed by atoms with Crippen molar-refractivity contribution in [3.63, 3.8) is 0 Å². The Balaban J connectivity index is 1.50. The molecule has 3 nitrogen and oxygen atoms in total. The summed E-state index contributed by atoms with van der Waals surface area (Å²) in [5.74, 6) is 0. The van der Waals surface area contributed by atoms with Gasteiger partial charge in [0.1, 0.15) is 11.2 Å². The van der Waals surface area contributed by atoms with Gasteiger partial charge in [-0.3, -0.25) is 0 Å². The van der Waals surface area contributed by atoms with Crippen LogP contribution in [0.25, 0.3) is 55.6 Å². The molecular weight excluding hydrogens is 416 g/mol. The van der Waals surface area contributed by atoms with Gasteiger partial charge in [0.2, 0.25) is 5.28 Å². The van der Waals surface area contributed by atoms with Crippen LogP contribution >= 0.6 is 11.6 Å². The first kappa shape index (κ1) is 18.8. The summed E-state index contributed by atoms with van der Waals surface area (Å²) in [7, 11) is 0. The van der Waals surface area contributed by atoms with Gasteiger partial charge >= 0.3 is 0 Å². The van der Waals surface area contributed by atoms with E-state index in [9.17, 15) is 0 Å². The highest BCUT2D eigenvalue weighted by atomic mass is 35.5. The standard InChI is InChI=1S/C28H17ClN2O/c29-28-30-24(18-8-2-1-3-9-18)17-25(31-28)20-11-6-10-19(16-20)21-13-7-14-23-22-12-4-5-15-26(22)32-27(21)23/h1-17H. The maximum absolute atomic E-state index is 6.29. The molecule has 6 rings (SSSR count). The molecule has 0 spiro atoms. The van der Waals surface area contributed by atoms with Crippen molar-refractivity contribution in [3.8, 4) is 33.6 Å². The average Bonchev–Trinajstić information content (AvgIpc) is 3.23. The van der Waals surface area contributed by atoms with Gasteiger partial charge in [0.15, 0.2) is 0 Å². The summed E-state index contributed by atoms with van der Waals surface area (Å²) in [6.07, 6.45) is 0. The molecule has 6 aromatic rings. The van der Waals surface area contributed by atoms with E-state index >= 15 is 0 Å². The van der Waals surface area contributed by atoms with Crippen LogP contribution in [0.15, 0.2) is 108 Å². The number of fused-ring (bicyclic) bond motifs is 3. The number of para-hydroxylation sites is 2. The summed E-state index contributed by atoms with van der Waals surface area (Å²) in [4.78, 5) is 8.91. The van der Waals surface area contributed by atoms with E-state index in [1.54, 1.807) is 0 Å². The minimum Gasteiger partial charge on any atom is -0.455 e. The number of halogens is 1. The van der Waals surface area contributed by atoms with E-state index in [0.717, 1.165) is 55.6 Å². The summed E-state index contributed by atoms with van der Waals surface area (Å²) in [5, 5.41) is 2.46. The fourth-order valence-corrected chi connectivity index (χ4v) is 4.33. The van der Waals surface area contributed by atoms with Crippen LogP contribution in [0.3, 0.4) is 0 Å². The molecule has 0 unspecified atom stereocenters. The molecule has 0 fully saturated rings. The first-order chi connectivity index (χ1) is 15.8. The smallest absolute Gasteiger partial charge is 0.223 e. The van der Waals surface area contributed by atoms with E-state index in [2.05, 4.69) is 46.4 Å². The lowest BCUT2D eigenvalue weighted by molar-refractivity contribution is 0.670. The molecule has 32 heavy (non-hydrogen) atoms. The third-order valence-electron chi connectivity index (χ3n) is 5.64. The minimum atomic E-state index is 0.228. The van der Waals surface area contributed by atoms with Gasteiger partial charge in [-0.2, -0.15) is 0 Å². The van der Waals surface area contributed by atoms with Crippen molar-refractivity contribution in [1.29, 1.82) is 0 Å². The van der Waals surface area contributed by atoms with Gasteiger partial charge in [-0.05, 0) is 35.4 Å². The van der Waals surface area contributed by atoms with E-state index in [4.69, 9.17) is 16.0 Å². The Kier molecular flexibility index (Phi) is 4.48. The molecule has 2 heterocycles. The quantitative estimate of drug-likeness (QED) is 0.266. The zero-order chi connectivity index (χ0) is 21.5. The predicted molar refractivity (Wildman–Crippen MR) is 131 cm³/mol. The van der Waals surface area contributed by atoms with Gasteiger partial charge in [0.05, 0.1) is 11.4 Å². The SMILES string of the molecule is Clc1nc(-c2ccccc2)cc(-c2cccc(-c3cccc4c3oc3ccccc34)c2)n1. The molecule has 0 N–H and O–H groups in total. The highest BCUT2D eigenvalue weighted by molar-refractivity contribution is 6.28. The molecule has 0 saturated heterocycles. The van der Waals surface area contributed by atoms with Crippen molar-refractivity contribution < 1.29 is 4.42 Å². The van der Waals surface area contributed by atoms with Crippen LogP contribution in [0.5, 0.6) is 0 Å². The number of nitrogens with zero attached hydrogens (tertiary/aromatic N) is 2. The number of rotatable bonds is 3. The number of aromatic nitrogens is 2. The molecule has 0 aliphatic rings. The van der Waals surface area contributed by atoms with Crippen molar-refractivity contribution in [2.45, 2.75) is 0 Å². The fourth-order valence-electron chi connectivity index (χ4n) is 4.14. The molecule has 0 bridgehead atoms. The van der Waals surface area contributed by atoms with E-state index in [-0.39, 0.29) is 5.28 Å². The lowest BCUT2D eigenvalue weighted by Crippen LogP contribution is -1.92. The summed E-state index contributed by atoms with van der Waals surface area (Å²) < 4.78 is 6.23. The number of furan rings is 1. The zero-order valence-corrected chi connectivity index (χ0v) is 17.8. The third-order valence-corrected chi connectivity index (χ3v) is 5.81. The van der Waals surface area contributed by atoms with Crippen molar-refractivity contribution in [2.24, 2.45) is 0 Å².